The summed E-state index contributed by atoms with van der Waals surface area (Å²) in [5.41, 5.74) is 2.04. The lowest BCUT2D eigenvalue weighted by molar-refractivity contribution is 0.898. The Morgan fingerprint density at radius 2 is 2.42 bits per heavy atom. The van der Waals surface area contributed by atoms with Crippen LogP contribution in [0.5, 0.6) is 0 Å². The molecule has 0 saturated heterocycles. The van der Waals surface area contributed by atoms with Crippen LogP contribution < -0.4 is 0 Å². The van der Waals surface area contributed by atoms with E-state index < -0.39 is 0 Å². The largest absolute Gasteiger partial charge is 0.290 e. The second kappa shape index (κ2) is 1.88. The van der Waals surface area contributed by atoms with Crippen LogP contribution in [-0.2, 0) is 6.42 Å². The summed E-state index contributed by atoms with van der Waals surface area (Å²) in [6.07, 6.45) is 6.11. The van der Waals surface area contributed by atoms with E-state index in [2.05, 4.69) is 20.4 Å². The summed E-state index contributed by atoms with van der Waals surface area (Å²) < 4.78 is 1.87. The smallest absolute Gasteiger partial charge is 0.141 e. The van der Waals surface area contributed by atoms with E-state index in [-0.39, 0.29) is 0 Å². The maximum atomic E-state index is 3.96. The average molecular weight is 159 g/mol. The first-order valence-corrected chi connectivity index (χ1v) is 3.64. The molecule has 0 aliphatic carbocycles. The van der Waals surface area contributed by atoms with Crippen molar-refractivity contribution in [1.29, 1.82) is 0 Å². The van der Waals surface area contributed by atoms with E-state index in [1.807, 2.05) is 10.8 Å². The Bertz CT molecular complexity index is 423. The third kappa shape index (κ3) is 0.623. The van der Waals surface area contributed by atoms with Crippen LogP contribution in [0.4, 0.5) is 0 Å². The van der Waals surface area contributed by atoms with Gasteiger partial charge in [-0.2, -0.15) is 5.11 Å². The maximum Gasteiger partial charge on any atom is 0.141 e. The highest BCUT2D eigenvalue weighted by Crippen LogP contribution is 2.26. The van der Waals surface area contributed by atoms with Crippen LogP contribution >= 0.6 is 0 Å². The number of azo groups is 1. The summed E-state index contributed by atoms with van der Waals surface area (Å²) in [6.45, 7) is 0. The van der Waals surface area contributed by atoms with Crippen LogP contribution in [0.2, 0.25) is 0 Å². The Morgan fingerprint density at radius 1 is 1.42 bits per heavy atom. The van der Waals surface area contributed by atoms with Gasteiger partial charge in [-0.1, -0.05) is 0 Å². The quantitative estimate of drug-likeness (QED) is 0.566. The van der Waals surface area contributed by atoms with Gasteiger partial charge in [0.25, 0.3) is 0 Å². The van der Waals surface area contributed by atoms with E-state index in [1.165, 1.54) is 0 Å². The van der Waals surface area contributed by atoms with Crippen molar-refractivity contribution in [3.8, 4) is 0 Å². The first kappa shape index (κ1) is 5.82. The second-order valence-electron chi connectivity index (χ2n) is 2.72. The first-order chi connectivity index (χ1) is 5.93. The van der Waals surface area contributed by atoms with Gasteiger partial charge >= 0.3 is 0 Å². The SMILES string of the molecule is C1=C2Cc3nncn3C=C2N=N1. The van der Waals surface area contributed by atoms with Gasteiger partial charge in [0.2, 0.25) is 0 Å². The normalized spacial score (nSPS) is 18.3. The molecule has 3 rings (SSSR count). The number of allylic oxidation sites excluding steroid dienone is 1. The molecular weight excluding hydrogens is 154 g/mol. The molecule has 0 amide bonds. The highest BCUT2D eigenvalue weighted by Gasteiger charge is 2.18. The Hall–Kier alpha value is -1.78. The van der Waals surface area contributed by atoms with Crippen LogP contribution in [0, 0.1) is 0 Å². The number of aromatic nitrogens is 3. The molecule has 2 aliphatic rings. The van der Waals surface area contributed by atoms with Crippen LogP contribution in [0.15, 0.2) is 34.0 Å². The van der Waals surface area contributed by atoms with Crippen LogP contribution in [0.1, 0.15) is 5.82 Å². The molecule has 58 valence electrons. The van der Waals surface area contributed by atoms with Gasteiger partial charge in [-0.3, -0.25) is 4.57 Å². The molecule has 0 fully saturated rings. The van der Waals surface area contributed by atoms with Crippen molar-refractivity contribution in [3.63, 3.8) is 0 Å². The summed E-state index contributed by atoms with van der Waals surface area (Å²) in [5, 5.41) is 15.5. The number of hydrogen-bond acceptors (Lipinski definition) is 4. The highest BCUT2D eigenvalue weighted by atomic mass is 15.3. The van der Waals surface area contributed by atoms with Crippen molar-refractivity contribution in [2.45, 2.75) is 6.42 Å². The Morgan fingerprint density at radius 3 is 3.42 bits per heavy atom. The third-order valence-electron chi connectivity index (χ3n) is 1.97. The minimum Gasteiger partial charge on any atom is -0.290 e. The van der Waals surface area contributed by atoms with E-state index >= 15 is 0 Å². The fourth-order valence-electron chi connectivity index (χ4n) is 1.34. The minimum atomic E-state index is 0.777. The number of nitrogens with zero attached hydrogens (tertiary/aromatic N) is 5. The summed E-state index contributed by atoms with van der Waals surface area (Å²) >= 11 is 0. The lowest BCUT2D eigenvalue weighted by Crippen LogP contribution is -2.05. The number of rotatable bonds is 0. The molecule has 0 atom stereocenters. The van der Waals surface area contributed by atoms with Gasteiger partial charge in [0.15, 0.2) is 0 Å². The number of fused-ring (bicyclic) bond motifs is 2. The van der Waals surface area contributed by atoms with Crippen LogP contribution in [0.3, 0.4) is 0 Å². The van der Waals surface area contributed by atoms with Gasteiger partial charge in [0.1, 0.15) is 17.8 Å². The summed E-state index contributed by atoms with van der Waals surface area (Å²) in [6, 6.07) is 0. The fourth-order valence-corrected chi connectivity index (χ4v) is 1.34. The van der Waals surface area contributed by atoms with Crippen molar-refractivity contribution in [2.75, 3.05) is 0 Å². The highest BCUT2D eigenvalue weighted by molar-refractivity contribution is 5.50. The van der Waals surface area contributed by atoms with Crippen LogP contribution in [0.25, 0.3) is 6.20 Å². The molecule has 0 bridgehead atoms. The molecule has 12 heavy (non-hydrogen) atoms. The van der Waals surface area contributed by atoms with Gasteiger partial charge in [-0.05, 0) is 0 Å². The average Bonchev–Trinajstić information content (AvgIpc) is 2.64. The molecule has 0 unspecified atom stereocenters. The standard InChI is InChI=1S/C7H5N5/c1-5-2-8-10-6(5)3-12-4-9-11-7(1)12/h2-4H,1H2. The Labute approximate surface area is 68.1 Å². The molecule has 0 N–H and O–H groups in total. The molecule has 5 heteroatoms. The van der Waals surface area contributed by atoms with Crippen molar-refractivity contribution in [2.24, 2.45) is 10.2 Å². The zero-order valence-corrected chi connectivity index (χ0v) is 6.18. The zero-order valence-electron chi connectivity index (χ0n) is 6.18. The van der Waals surface area contributed by atoms with Gasteiger partial charge in [0, 0.05) is 18.2 Å². The lowest BCUT2D eigenvalue weighted by Gasteiger charge is -2.08. The van der Waals surface area contributed by atoms with E-state index in [0.29, 0.717) is 0 Å². The molecule has 3 heterocycles. The molecule has 5 nitrogen and oxygen atoms in total. The van der Waals surface area contributed by atoms with Gasteiger partial charge < -0.3 is 0 Å². The fraction of sp³-hybridized carbons (Fsp3) is 0.143. The Balaban J connectivity index is 2.23. The third-order valence-corrected chi connectivity index (χ3v) is 1.97. The summed E-state index contributed by atoms with van der Waals surface area (Å²) in [7, 11) is 0. The second-order valence-corrected chi connectivity index (χ2v) is 2.72. The van der Waals surface area contributed by atoms with Gasteiger partial charge in [-0.25, -0.2) is 0 Å². The predicted octanol–water partition coefficient (Wildman–Crippen LogP) is 0.982. The van der Waals surface area contributed by atoms with E-state index in [1.54, 1.807) is 12.5 Å². The van der Waals surface area contributed by atoms with E-state index in [0.717, 1.165) is 23.5 Å². The van der Waals surface area contributed by atoms with Gasteiger partial charge in [0.05, 0.1) is 6.20 Å². The minimum absolute atomic E-state index is 0.777. The van der Waals surface area contributed by atoms with E-state index in [9.17, 15) is 0 Å². The van der Waals surface area contributed by atoms with E-state index in [4.69, 9.17) is 0 Å². The Kier molecular flexibility index (Phi) is 0.910. The summed E-state index contributed by atoms with van der Waals surface area (Å²) in [5.74, 6) is 0.942. The summed E-state index contributed by atoms with van der Waals surface area (Å²) in [4.78, 5) is 0. The molecule has 0 spiro atoms. The molecule has 0 saturated carbocycles. The monoisotopic (exact) mass is 159 g/mol. The molecular formula is C7H5N5. The molecule has 0 radical (unpaired) electrons. The zero-order chi connectivity index (χ0) is 7.97. The first-order valence-electron chi connectivity index (χ1n) is 3.64. The molecule has 1 aromatic heterocycles. The van der Waals surface area contributed by atoms with Crippen molar-refractivity contribution in [3.05, 3.63) is 29.6 Å². The topological polar surface area (TPSA) is 55.4 Å². The van der Waals surface area contributed by atoms with Crippen molar-refractivity contribution >= 4 is 6.20 Å². The number of hydrogen-bond donors (Lipinski definition) is 0. The lowest BCUT2D eigenvalue weighted by atomic mass is 10.1. The van der Waals surface area contributed by atoms with Crippen molar-refractivity contribution in [1.82, 2.24) is 14.8 Å². The van der Waals surface area contributed by atoms with Gasteiger partial charge in [-0.15, -0.1) is 15.3 Å². The maximum absolute atomic E-state index is 3.96. The van der Waals surface area contributed by atoms with Crippen LogP contribution in [-0.4, -0.2) is 14.8 Å². The molecule has 0 aromatic carbocycles. The van der Waals surface area contributed by atoms with Crippen molar-refractivity contribution < 1.29 is 0 Å². The molecule has 1 aromatic rings. The predicted molar refractivity (Wildman–Crippen MR) is 40.9 cm³/mol. The molecule has 2 aliphatic heterocycles.